The summed E-state index contributed by atoms with van der Waals surface area (Å²) < 4.78 is 0.879. The van der Waals surface area contributed by atoms with Gasteiger partial charge in [0.1, 0.15) is 5.82 Å². The molecule has 2 aromatic heterocycles. The van der Waals surface area contributed by atoms with Crippen molar-refractivity contribution in [2.45, 2.75) is 25.8 Å². The van der Waals surface area contributed by atoms with Gasteiger partial charge in [-0.2, -0.15) is 15.0 Å². The minimum Gasteiger partial charge on any atom is -0.368 e. The first-order valence-electron chi connectivity index (χ1n) is 9.18. The van der Waals surface area contributed by atoms with Crippen LogP contribution in [0.25, 0.3) is 0 Å². The van der Waals surface area contributed by atoms with Gasteiger partial charge in [0, 0.05) is 30.7 Å². The molecule has 28 heavy (non-hydrogen) atoms. The van der Waals surface area contributed by atoms with Crippen LogP contribution in [-0.4, -0.2) is 57.9 Å². The molecule has 1 amide bonds. The topological polar surface area (TPSA) is 113 Å². The highest BCUT2D eigenvalue weighted by molar-refractivity contribution is 9.10. The van der Waals surface area contributed by atoms with E-state index in [2.05, 4.69) is 53.0 Å². The lowest BCUT2D eigenvalue weighted by Crippen LogP contribution is -2.40. The van der Waals surface area contributed by atoms with Crippen LogP contribution in [0.4, 0.5) is 17.7 Å². The van der Waals surface area contributed by atoms with Gasteiger partial charge in [-0.05, 0) is 60.9 Å². The zero-order valence-electron chi connectivity index (χ0n) is 16.3. The van der Waals surface area contributed by atoms with Crippen LogP contribution in [0.1, 0.15) is 31.6 Å². The number of nitrogens with two attached hydrogens (primary N) is 1. The Hall–Kier alpha value is -2.33. The number of amides is 1. The van der Waals surface area contributed by atoms with Crippen molar-refractivity contribution < 1.29 is 4.79 Å². The standard InChI is InChI=1S/C18H25BrN8O/c1-11(15-23-17(20)25-18(24-15)26(2)3)27-8-6-12(7-9-27)16(28)22-14-5-4-13(19)10-21-14/h4-5,10-12H,6-9H2,1-3H3,(H,21,22,28)(H2,20,23,24,25). The quantitative estimate of drug-likeness (QED) is 0.714. The van der Waals surface area contributed by atoms with Gasteiger partial charge in [-0.1, -0.05) is 0 Å². The molecule has 150 valence electrons. The van der Waals surface area contributed by atoms with Crippen molar-refractivity contribution in [2.24, 2.45) is 5.92 Å². The van der Waals surface area contributed by atoms with Gasteiger partial charge < -0.3 is 16.0 Å². The second kappa shape index (κ2) is 8.78. The molecule has 0 bridgehead atoms. The highest BCUT2D eigenvalue weighted by Crippen LogP contribution is 2.26. The predicted octanol–water partition coefficient (Wildman–Crippen LogP) is 2.09. The third-order valence-corrected chi connectivity index (χ3v) is 5.33. The van der Waals surface area contributed by atoms with Gasteiger partial charge >= 0.3 is 0 Å². The van der Waals surface area contributed by atoms with E-state index < -0.39 is 0 Å². The monoisotopic (exact) mass is 448 g/mol. The Morgan fingerprint density at radius 1 is 1.29 bits per heavy atom. The molecule has 10 heteroatoms. The van der Waals surface area contributed by atoms with Gasteiger partial charge in [0.25, 0.3) is 0 Å². The number of rotatable bonds is 5. The number of carbonyl (C=O) groups excluding carboxylic acids is 1. The lowest BCUT2D eigenvalue weighted by Gasteiger charge is -2.34. The molecule has 0 aromatic carbocycles. The first-order valence-corrected chi connectivity index (χ1v) is 9.98. The summed E-state index contributed by atoms with van der Waals surface area (Å²) in [7, 11) is 3.74. The maximum atomic E-state index is 12.5. The van der Waals surface area contributed by atoms with E-state index in [1.807, 2.05) is 20.2 Å². The number of nitrogens with one attached hydrogen (secondary N) is 1. The number of halogens is 1. The molecule has 1 unspecified atom stereocenters. The number of likely N-dealkylation sites (tertiary alicyclic amines) is 1. The summed E-state index contributed by atoms with van der Waals surface area (Å²) in [6, 6.07) is 3.64. The molecule has 2 aromatic rings. The Morgan fingerprint density at radius 2 is 2.00 bits per heavy atom. The third-order valence-electron chi connectivity index (χ3n) is 4.86. The fourth-order valence-corrected chi connectivity index (χ4v) is 3.41. The predicted molar refractivity (Wildman–Crippen MR) is 112 cm³/mol. The van der Waals surface area contributed by atoms with E-state index in [0.717, 1.165) is 30.4 Å². The third kappa shape index (κ3) is 4.93. The van der Waals surface area contributed by atoms with E-state index in [9.17, 15) is 4.79 Å². The van der Waals surface area contributed by atoms with Crippen LogP contribution in [-0.2, 0) is 4.79 Å². The normalized spacial score (nSPS) is 16.6. The molecule has 0 spiro atoms. The van der Waals surface area contributed by atoms with E-state index in [0.29, 0.717) is 17.6 Å². The van der Waals surface area contributed by atoms with Crippen molar-refractivity contribution >= 4 is 39.6 Å². The van der Waals surface area contributed by atoms with Crippen LogP contribution in [0, 0.1) is 5.92 Å². The second-order valence-electron chi connectivity index (χ2n) is 7.08. The number of piperidine rings is 1. The molecule has 3 rings (SSSR count). The van der Waals surface area contributed by atoms with Crippen LogP contribution < -0.4 is 16.0 Å². The maximum absolute atomic E-state index is 12.5. The molecule has 9 nitrogen and oxygen atoms in total. The van der Waals surface area contributed by atoms with Crippen molar-refractivity contribution in [1.82, 2.24) is 24.8 Å². The van der Waals surface area contributed by atoms with Gasteiger partial charge in [-0.25, -0.2) is 4.98 Å². The molecule has 1 atom stereocenters. The molecular weight excluding hydrogens is 424 g/mol. The van der Waals surface area contributed by atoms with E-state index in [4.69, 9.17) is 5.73 Å². The zero-order valence-corrected chi connectivity index (χ0v) is 17.8. The number of carbonyl (C=O) groups is 1. The van der Waals surface area contributed by atoms with Crippen molar-refractivity contribution in [3.05, 3.63) is 28.6 Å². The number of hydrogen-bond donors (Lipinski definition) is 2. The average Bonchev–Trinajstić information content (AvgIpc) is 2.68. The molecule has 0 radical (unpaired) electrons. The molecule has 0 aliphatic carbocycles. The fourth-order valence-electron chi connectivity index (χ4n) is 3.17. The van der Waals surface area contributed by atoms with Crippen LogP contribution in [0.15, 0.2) is 22.8 Å². The maximum Gasteiger partial charge on any atom is 0.229 e. The Balaban J connectivity index is 1.58. The summed E-state index contributed by atoms with van der Waals surface area (Å²) in [5.41, 5.74) is 5.84. The fraction of sp³-hybridized carbons (Fsp3) is 0.500. The SMILES string of the molecule is CC(c1nc(N)nc(N(C)C)n1)N1CCC(C(=O)Nc2ccc(Br)cn2)CC1. The molecule has 3 N–H and O–H groups in total. The van der Waals surface area contributed by atoms with Gasteiger partial charge in [0.05, 0.1) is 6.04 Å². The Labute approximate surface area is 172 Å². The number of nitrogens with zero attached hydrogens (tertiary/aromatic N) is 6. The second-order valence-corrected chi connectivity index (χ2v) is 8.00. The number of hydrogen-bond acceptors (Lipinski definition) is 8. The summed E-state index contributed by atoms with van der Waals surface area (Å²) in [5.74, 6) is 1.97. The molecule has 1 fully saturated rings. The van der Waals surface area contributed by atoms with Gasteiger partial charge in [-0.3, -0.25) is 9.69 Å². The number of anilines is 3. The molecule has 3 heterocycles. The summed E-state index contributed by atoms with van der Waals surface area (Å²) in [5, 5.41) is 2.90. The summed E-state index contributed by atoms with van der Waals surface area (Å²) >= 11 is 3.34. The zero-order chi connectivity index (χ0) is 20.3. The molecular formula is C18H25BrN8O. The number of pyridine rings is 1. The first-order chi connectivity index (χ1) is 13.3. The van der Waals surface area contributed by atoms with E-state index in [1.165, 1.54) is 0 Å². The van der Waals surface area contributed by atoms with Crippen molar-refractivity contribution in [3.8, 4) is 0 Å². The van der Waals surface area contributed by atoms with E-state index >= 15 is 0 Å². The molecule has 0 saturated carbocycles. The van der Waals surface area contributed by atoms with E-state index in [-0.39, 0.29) is 23.8 Å². The minimum absolute atomic E-state index is 0.00107. The van der Waals surface area contributed by atoms with Crippen LogP contribution in [0.5, 0.6) is 0 Å². The molecule has 1 aliphatic rings. The van der Waals surface area contributed by atoms with Crippen LogP contribution in [0.3, 0.4) is 0 Å². The highest BCUT2D eigenvalue weighted by atomic mass is 79.9. The largest absolute Gasteiger partial charge is 0.368 e. The highest BCUT2D eigenvalue weighted by Gasteiger charge is 2.29. The van der Waals surface area contributed by atoms with Crippen LogP contribution in [0.2, 0.25) is 0 Å². The molecule has 1 aliphatic heterocycles. The minimum atomic E-state index is -0.0327. The van der Waals surface area contributed by atoms with Crippen LogP contribution >= 0.6 is 15.9 Å². The van der Waals surface area contributed by atoms with Crippen molar-refractivity contribution in [3.63, 3.8) is 0 Å². The van der Waals surface area contributed by atoms with Gasteiger partial charge in [0.2, 0.25) is 17.8 Å². The summed E-state index contributed by atoms with van der Waals surface area (Å²) in [6.07, 6.45) is 3.21. The Morgan fingerprint density at radius 3 is 2.61 bits per heavy atom. The lowest BCUT2D eigenvalue weighted by atomic mass is 9.95. The Kier molecular flexibility index (Phi) is 6.40. The summed E-state index contributed by atoms with van der Waals surface area (Å²) in [4.78, 5) is 33.8. The van der Waals surface area contributed by atoms with Crippen molar-refractivity contribution in [1.29, 1.82) is 0 Å². The lowest BCUT2D eigenvalue weighted by molar-refractivity contribution is -0.121. The smallest absolute Gasteiger partial charge is 0.229 e. The van der Waals surface area contributed by atoms with Gasteiger partial charge in [-0.15, -0.1) is 0 Å². The van der Waals surface area contributed by atoms with Crippen molar-refractivity contribution in [2.75, 3.05) is 43.1 Å². The summed E-state index contributed by atoms with van der Waals surface area (Å²) in [6.45, 7) is 3.63. The van der Waals surface area contributed by atoms with Gasteiger partial charge in [0.15, 0.2) is 5.82 Å². The number of nitrogen functional groups attached to an aromatic ring is 1. The number of aromatic nitrogens is 4. The Bertz CT molecular complexity index is 821. The average molecular weight is 449 g/mol. The van der Waals surface area contributed by atoms with E-state index in [1.54, 1.807) is 17.2 Å². The molecule has 1 saturated heterocycles. The first kappa shape index (κ1) is 20.4.